The average Bonchev–Trinajstić information content (AvgIpc) is 2.75. The van der Waals surface area contributed by atoms with Crippen LogP contribution in [0.1, 0.15) is 11.1 Å². The number of benzene rings is 2. The Hall–Kier alpha value is -3.56. The zero-order chi connectivity index (χ0) is 21.7. The number of hydroxylamine groups is 1. The minimum absolute atomic E-state index is 0.0872. The Balaban J connectivity index is 1.95. The van der Waals surface area contributed by atoms with Gasteiger partial charge in [-0.2, -0.15) is 14.4 Å². The molecule has 1 aromatic heterocycles. The summed E-state index contributed by atoms with van der Waals surface area (Å²) < 4.78 is 26.1. The van der Waals surface area contributed by atoms with E-state index in [-0.39, 0.29) is 22.9 Å². The summed E-state index contributed by atoms with van der Waals surface area (Å²) in [5.74, 6) is -2.17. The highest BCUT2D eigenvalue weighted by atomic mass is 35.5. The van der Waals surface area contributed by atoms with Gasteiger partial charge in [-0.3, -0.25) is 15.0 Å². The molecule has 3 rings (SSSR count). The number of rotatable bonds is 6. The van der Waals surface area contributed by atoms with Gasteiger partial charge in [-0.25, -0.2) is 5.48 Å². The number of para-hydroxylation sites is 1. The Morgan fingerprint density at radius 2 is 1.73 bits per heavy atom. The third kappa shape index (κ3) is 4.37. The fourth-order valence-corrected chi connectivity index (χ4v) is 2.70. The van der Waals surface area contributed by atoms with Crippen molar-refractivity contribution >= 4 is 23.2 Å². The minimum Gasteiger partial charge on any atom is -0.436 e. The number of ether oxygens (including phenoxy) is 2. The van der Waals surface area contributed by atoms with E-state index < -0.39 is 17.6 Å². The maximum atomic E-state index is 15.0. The van der Waals surface area contributed by atoms with Gasteiger partial charge < -0.3 is 9.47 Å². The molecule has 154 valence electrons. The Bertz CT molecular complexity index is 1120. The van der Waals surface area contributed by atoms with Crippen molar-refractivity contribution in [2.24, 2.45) is 4.99 Å². The number of amides is 1. The molecule has 3 aromatic rings. The monoisotopic (exact) mass is 430 g/mol. The smallest absolute Gasteiger partial charge is 0.293 e. The zero-order valence-corrected chi connectivity index (χ0v) is 16.6. The molecule has 0 aliphatic heterocycles. The van der Waals surface area contributed by atoms with E-state index in [0.29, 0.717) is 16.3 Å². The van der Waals surface area contributed by atoms with Gasteiger partial charge in [-0.1, -0.05) is 29.8 Å². The van der Waals surface area contributed by atoms with Crippen LogP contribution in [-0.4, -0.2) is 33.8 Å². The van der Waals surface area contributed by atoms with Gasteiger partial charge in [0.2, 0.25) is 5.82 Å². The fraction of sp³-hybridized carbons (Fsp3) is 0.100. The molecule has 10 heteroatoms. The van der Waals surface area contributed by atoms with E-state index in [1.807, 2.05) is 0 Å². The minimum atomic E-state index is -0.951. The van der Waals surface area contributed by atoms with Crippen molar-refractivity contribution in [3.05, 3.63) is 70.8 Å². The van der Waals surface area contributed by atoms with E-state index in [9.17, 15) is 9.18 Å². The van der Waals surface area contributed by atoms with Gasteiger partial charge in [0, 0.05) is 23.2 Å². The van der Waals surface area contributed by atoms with Crippen LogP contribution in [-0.2, 0) is 4.79 Å². The van der Waals surface area contributed by atoms with Crippen molar-refractivity contribution in [2.75, 3.05) is 7.05 Å². The van der Waals surface area contributed by atoms with Crippen LogP contribution in [0.2, 0.25) is 5.02 Å². The number of hydrogen-bond acceptors (Lipinski definition) is 7. The quantitative estimate of drug-likeness (QED) is 0.346. The summed E-state index contributed by atoms with van der Waals surface area (Å²) in [6, 6.07) is 11.2. The molecule has 2 aromatic carbocycles. The molecule has 1 amide bonds. The predicted octanol–water partition coefficient (Wildman–Crippen LogP) is 4.09. The second-order valence-electron chi connectivity index (χ2n) is 5.87. The number of carbonyl (C=O) groups excluding carboxylic acids is 1. The van der Waals surface area contributed by atoms with Gasteiger partial charge in [-0.15, -0.1) is 0 Å². The second-order valence-corrected chi connectivity index (χ2v) is 6.28. The van der Waals surface area contributed by atoms with Crippen LogP contribution in [0.5, 0.6) is 23.3 Å². The van der Waals surface area contributed by atoms with Crippen molar-refractivity contribution in [1.29, 1.82) is 0 Å². The van der Waals surface area contributed by atoms with Gasteiger partial charge in [0.1, 0.15) is 23.5 Å². The van der Waals surface area contributed by atoms with Gasteiger partial charge in [0.05, 0.1) is 0 Å². The van der Waals surface area contributed by atoms with Crippen molar-refractivity contribution in [3.8, 4) is 23.3 Å². The third-order valence-electron chi connectivity index (χ3n) is 4.04. The van der Waals surface area contributed by atoms with E-state index in [0.717, 1.165) is 6.33 Å². The molecule has 0 saturated heterocycles. The van der Waals surface area contributed by atoms with E-state index in [4.69, 9.17) is 26.3 Å². The molecule has 0 bridgehead atoms. The Morgan fingerprint density at radius 3 is 2.40 bits per heavy atom. The van der Waals surface area contributed by atoms with Crippen LogP contribution >= 0.6 is 11.6 Å². The molecule has 0 unspecified atom stereocenters. The maximum absolute atomic E-state index is 15.0. The molecule has 0 atom stereocenters. The molecular formula is C20H16ClFN4O4. The van der Waals surface area contributed by atoms with Crippen LogP contribution in [0.3, 0.4) is 0 Å². The lowest BCUT2D eigenvalue weighted by Gasteiger charge is -2.13. The van der Waals surface area contributed by atoms with Crippen LogP contribution in [0, 0.1) is 12.7 Å². The van der Waals surface area contributed by atoms with Crippen molar-refractivity contribution in [1.82, 2.24) is 15.4 Å². The lowest BCUT2D eigenvalue weighted by atomic mass is 10.1. The number of aromatic nitrogens is 2. The normalized spacial score (nSPS) is 11.2. The number of carbonyl (C=O) groups is 1. The number of nitrogens with zero attached hydrogens (tertiary/aromatic N) is 3. The molecular weight excluding hydrogens is 415 g/mol. The van der Waals surface area contributed by atoms with Gasteiger partial charge >= 0.3 is 0 Å². The molecule has 2 N–H and O–H groups in total. The average molecular weight is 431 g/mol. The summed E-state index contributed by atoms with van der Waals surface area (Å²) in [6.45, 7) is 1.72. The van der Waals surface area contributed by atoms with E-state index >= 15 is 0 Å². The number of hydrogen-bond donors (Lipinski definition) is 2. The predicted molar refractivity (Wildman–Crippen MR) is 107 cm³/mol. The standard InChI is InChI=1S/C20H16ClFN4O4/c1-11-13(21)7-5-9-14(11)29-19-16(22)20(25-10-24-19)30-15-8-4-3-6-12(15)17(23-2)18(27)26-28/h3-10,28H,1-2H3,(H,26,27). The summed E-state index contributed by atoms with van der Waals surface area (Å²) in [6.07, 6.45) is 1.07. The van der Waals surface area contributed by atoms with Crippen molar-refractivity contribution < 1.29 is 23.9 Å². The molecule has 0 radical (unpaired) electrons. The van der Waals surface area contributed by atoms with Crippen LogP contribution < -0.4 is 15.0 Å². The Morgan fingerprint density at radius 1 is 1.10 bits per heavy atom. The van der Waals surface area contributed by atoms with Crippen LogP contribution in [0.4, 0.5) is 4.39 Å². The first-order chi connectivity index (χ1) is 14.5. The largest absolute Gasteiger partial charge is 0.436 e. The summed E-state index contributed by atoms with van der Waals surface area (Å²) in [4.78, 5) is 23.3. The molecule has 0 saturated carbocycles. The molecule has 0 aliphatic carbocycles. The highest BCUT2D eigenvalue weighted by Gasteiger charge is 2.21. The Kier molecular flexibility index (Phi) is 6.55. The lowest BCUT2D eigenvalue weighted by molar-refractivity contribution is -0.122. The summed E-state index contributed by atoms with van der Waals surface area (Å²) in [5.41, 5.74) is 2.23. The first-order valence-corrected chi connectivity index (χ1v) is 8.96. The number of aliphatic imine (C=N–C) groups is 1. The topological polar surface area (TPSA) is 106 Å². The van der Waals surface area contributed by atoms with E-state index in [1.165, 1.54) is 24.7 Å². The van der Waals surface area contributed by atoms with E-state index in [2.05, 4.69) is 15.0 Å². The second kappa shape index (κ2) is 9.29. The molecule has 8 nitrogen and oxygen atoms in total. The first kappa shape index (κ1) is 21.2. The van der Waals surface area contributed by atoms with Crippen molar-refractivity contribution in [2.45, 2.75) is 6.92 Å². The molecule has 1 heterocycles. The fourth-order valence-electron chi connectivity index (χ4n) is 2.54. The maximum Gasteiger partial charge on any atom is 0.293 e. The summed E-state index contributed by atoms with van der Waals surface area (Å²) in [5, 5.41) is 9.37. The highest BCUT2D eigenvalue weighted by molar-refractivity contribution is 6.45. The van der Waals surface area contributed by atoms with Crippen LogP contribution in [0.15, 0.2) is 53.8 Å². The highest BCUT2D eigenvalue weighted by Crippen LogP contribution is 2.33. The third-order valence-corrected chi connectivity index (χ3v) is 4.45. The zero-order valence-electron chi connectivity index (χ0n) is 15.9. The molecule has 0 aliphatic rings. The van der Waals surface area contributed by atoms with E-state index in [1.54, 1.807) is 37.3 Å². The van der Waals surface area contributed by atoms with Gasteiger partial charge in [0.25, 0.3) is 17.7 Å². The van der Waals surface area contributed by atoms with Crippen LogP contribution in [0.25, 0.3) is 0 Å². The SMILES string of the molecule is CN=C(C(=O)NO)c1ccccc1Oc1ncnc(Oc2cccc(Cl)c2C)c1F. The Labute approximate surface area is 175 Å². The summed E-state index contributed by atoms with van der Waals surface area (Å²) in [7, 11) is 1.37. The van der Waals surface area contributed by atoms with Crippen molar-refractivity contribution in [3.63, 3.8) is 0 Å². The lowest BCUT2D eigenvalue weighted by Crippen LogP contribution is -2.29. The molecule has 0 spiro atoms. The summed E-state index contributed by atoms with van der Waals surface area (Å²) >= 11 is 6.06. The molecule has 0 fully saturated rings. The van der Waals surface area contributed by atoms with Gasteiger partial charge in [-0.05, 0) is 31.2 Å². The first-order valence-electron chi connectivity index (χ1n) is 8.58. The van der Waals surface area contributed by atoms with Gasteiger partial charge in [0.15, 0.2) is 0 Å². The molecule has 30 heavy (non-hydrogen) atoms. The number of nitrogens with one attached hydrogen (secondary N) is 1. The number of halogens is 2.